The van der Waals surface area contributed by atoms with Gasteiger partial charge in [-0.25, -0.2) is 0 Å². The van der Waals surface area contributed by atoms with Crippen molar-refractivity contribution in [3.05, 3.63) is 0 Å². The summed E-state index contributed by atoms with van der Waals surface area (Å²) in [5.41, 5.74) is 0.397. The molecule has 0 aromatic rings. The van der Waals surface area contributed by atoms with Gasteiger partial charge in [-0.15, -0.1) is 0 Å². The summed E-state index contributed by atoms with van der Waals surface area (Å²) >= 11 is 3.63. The smallest absolute Gasteiger partial charge is 0.0701 e. The van der Waals surface area contributed by atoms with Crippen molar-refractivity contribution >= 4 is 15.9 Å². The largest absolute Gasteiger partial charge is 0.379 e. The van der Waals surface area contributed by atoms with E-state index in [1.807, 2.05) is 0 Å². The van der Waals surface area contributed by atoms with E-state index in [1.165, 1.54) is 19.3 Å². The molecule has 0 unspecified atom stereocenters. The Kier molecular flexibility index (Phi) is 14.6. The second kappa shape index (κ2) is 14.3. The van der Waals surface area contributed by atoms with Crippen LogP contribution in [0.3, 0.4) is 0 Å². The molecule has 0 aliphatic heterocycles. The van der Waals surface area contributed by atoms with Crippen molar-refractivity contribution in [1.82, 2.24) is 0 Å². The lowest BCUT2D eigenvalue weighted by molar-refractivity contribution is 0.00846. The maximum atomic E-state index is 5.65. The monoisotopic (exact) mass is 352 g/mol. The number of hydrogen-bond donors (Lipinski definition) is 0. The molecule has 0 aliphatic carbocycles. The number of unbranched alkanes of at least 4 members (excludes halogenated alkanes) is 1. The molecule has 0 aliphatic rings. The first-order valence-electron chi connectivity index (χ1n) is 8.03. The lowest BCUT2D eigenvalue weighted by atomic mass is 9.82. The molecule has 122 valence electrons. The Morgan fingerprint density at radius 2 is 1.25 bits per heavy atom. The quantitative estimate of drug-likeness (QED) is 0.322. The molecule has 0 fully saturated rings. The van der Waals surface area contributed by atoms with Gasteiger partial charge in [0.15, 0.2) is 0 Å². The zero-order valence-electron chi connectivity index (χ0n) is 13.6. The minimum Gasteiger partial charge on any atom is -0.379 e. The summed E-state index contributed by atoms with van der Waals surface area (Å²) in [7, 11) is 0. The van der Waals surface area contributed by atoms with Crippen molar-refractivity contribution < 1.29 is 14.2 Å². The molecule has 0 N–H and O–H groups in total. The van der Waals surface area contributed by atoms with E-state index in [9.17, 15) is 0 Å². The van der Waals surface area contributed by atoms with E-state index in [-0.39, 0.29) is 0 Å². The van der Waals surface area contributed by atoms with Crippen LogP contribution >= 0.6 is 15.9 Å². The van der Waals surface area contributed by atoms with Crippen molar-refractivity contribution in [2.24, 2.45) is 5.41 Å². The first kappa shape index (κ1) is 20.4. The molecule has 0 saturated carbocycles. The number of alkyl halides is 1. The molecule has 0 amide bonds. The maximum absolute atomic E-state index is 5.65. The minimum atomic E-state index is 0.397. The lowest BCUT2D eigenvalue weighted by Gasteiger charge is -2.29. The fourth-order valence-corrected chi connectivity index (χ4v) is 3.01. The average Bonchev–Trinajstić information content (AvgIpc) is 2.49. The molecule has 0 bridgehead atoms. The first-order chi connectivity index (χ1) is 9.74. The van der Waals surface area contributed by atoms with Crippen molar-refractivity contribution in [2.75, 3.05) is 45.0 Å². The van der Waals surface area contributed by atoms with Gasteiger partial charge in [-0.2, -0.15) is 0 Å². The van der Waals surface area contributed by atoms with E-state index in [4.69, 9.17) is 14.2 Å². The van der Waals surface area contributed by atoms with Crippen molar-refractivity contribution in [3.63, 3.8) is 0 Å². The first-order valence-corrected chi connectivity index (χ1v) is 9.16. The molecule has 20 heavy (non-hydrogen) atoms. The van der Waals surface area contributed by atoms with E-state index in [2.05, 4.69) is 36.7 Å². The highest BCUT2D eigenvalue weighted by Gasteiger charge is 2.24. The Morgan fingerprint density at radius 3 is 1.70 bits per heavy atom. The van der Waals surface area contributed by atoms with Crippen molar-refractivity contribution in [3.8, 4) is 0 Å². The topological polar surface area (TPSA) is 27.7 Å². The molecule has 0 heterocycles. The van der Waals surface area contributed by atoms with Gasteiger partial charge >= 0.3 is 0 Å². The highest BCUT2D eigenvalue weighted by atomic mass is 79.9. The van der Waals surface area contributed by atoms with Gasteiger partial charge in [-0.3, -0.25) is 0 Å². The van der Waals surface area contributed by atoms with E-state index in [0.717, 1.165) is 31.4 Å². The van der Waals surface area contributed by atoms with Gasteiger partial charge in [0.1, 0.15) is 0 Å². The zero-order chi connectivity index (χ0) is 15.1. The second-order valence-electron chi connectivity index (χ2n) is 5.28. The molecule has 0 aromatic heterocycles. The van der Waals surface area contributed by atoms with Gasteiger partial charge in [0.2, 0.25) is 0 Å². The Labute approximate surface area is 133 Å². The van der Waals surface area contributed by atoms with Gasteiger partial charge in [-0.1, -0.05) is 43.1 Å². The molecule has 0 spiro atoms. The van der Waals surface area contributed by atoms with Gasteiger partial charge < -0.3 is 14.2 Å². The van der Waals surface area contributed by atoms with Crippen LogP contribution in [0.15, 0.2) is 0 Å². The van der Waals surface area contributed by atoms with Crippen LogP contribution in [0.1, 0.15) is 52.9 Å². The van der Waals surface area contributed by atoms with Crippen LogP contribution in [0, 0.1) is 5.41 Å². The highest BCUT2D eigenvalue weighted by molar-refractivity contribution is 9.09. The summed E-state index contributed by atoms with van der Waals surface area (Å²) < 4.78 is 16.5. The third kappa shape index (κ3) is 10.1. The standard InChI is InChI=1S/C16H33BrO3/c1-4-7-9-18-11-13-20-14-12-19-10-8-16(5-2,6-3)15-17/h4-15H2,1-3H3. The van der Waals surface area contributed by atoms with E-state index in [1.54, 1.807) is 0 Å². The summed E-state index contributed by atoms with van der Waals surface area (Å²) in [5, 5.41) is 1.06. The molecule has 0 radical (unpaired) electrons. The Morgan fingerprint density at radius 1 is 0.750 bits per heavy atom. The van der Waals surface area contributed by atoms with Crippen LogP contribution in [0.4, 0.5) is 0 Å². The predicted molar refractivity (Wildman–Crippen MR) is 88.8 cm³/mol. The summed E-state index contributed by atoms with van der Waals surface area (Å²) in [6.07, 6.45) is 5.83. The van der Waals surface area contributed by atoms with E-state index in [0.29, 0.717) is 31.8 Å². The molecule has 3 nitrogen and oxygen atoms in total. The van der Waals surface area contributed by atoms with E-state index >= 15 is 0 Å². The van der Waals surface area contributed by atoms with Crippen molar-refractivity contribution in [2.45, 2.75) is 52.9 Å². The van der Waals surface area contributed by atoms with Crippen LogP contribution in [0.2, 0.25) is 0 Å². The van der Waals surface area contributed by atoms with Crippen molar-refractivity contribution in [1.29, 1.82) is 0 Å². The van der Waals surface area contributed by atoms with Crippen LogP contribution in [0.25, 0.3) is 0 Å². The fourth-order valence-electron chi connectivity index (χ4n) is 1.94. The molecular formula is C16H33BrO3. The Bertz CT molecular complexity index is 188. The predicted octanol–water partition coefficient (Wildman–Crippen LogP) is 4.43. The Balaban J connectivity index is 3.32. The zero-order valence-corrected chi connectivity index (χ0v) is 15.2. The van der Waals surface area contributed by atoms with Crippen LogP contribution in [-0.2, 0) is 14.2 Å². The molecule has 0 atom stereocenters. The summed E-state index contributed by atoms with van der Waals surface area (Å²) in [6, 6.07) is 0. The average molecular weight is 353 g/mol. The molecule has 0 saturated heterocycles. The van der Waals surface area contributed by atoms with E-state index < -0.39 is 0 Å². The summed E-state index contributed by atoms with van der Waals surface area (Å²) in [4.78, 5) is 0. The van der Waals surface area contributed by atoms with Gasteiger partial charge in [-0.05, 0) is 31.1 Å². The van der Waals surface area contributed by atoms with Gasteiger partial charge in [0.05, 0.1) is 26.4 Å². The fraction of sp³-hybridized carbons (Fsp3) is 1.00. The van der Waals surface area contributed by atoms with Crippen LogP contribution < -0.4 is 0 Å². The summed E-state index contributed by atoms with van der Waals surface area (Å²) in [5.74, 6) is 0. The Hall–Kier alpha value is 0.360. The molecule has 0 aromatic carbocycles. The number of hydrogen-bond acceptors (Lipinski definition) is 3. The molecule has 0 rings (SSSR count). The SMILES string of the molecule is CCCCOCCOCCOCCC(CC)(CC)CBr. The van der Waals surface area contributed by atoms with Gasteiger partial charge in [0.25, 0.3) is 0 Å². The third-order valence-corrected chi connectivity index (χ3v) is 5.14. The van der Waals surface area contributed by atoms with Crippen LogP contribution in [0.5, 0.6) is 0 Å². The normalized spacial score (nSPS) is 12.0. The second-order valence-corrected chi connectivity index (χ2v) is 5.84. The molecule has 4 heteroatoms. The van der Waals surface area contributed by atoms with Crippen LogP contribution in [-0.4, -0.2) is 45.0 Å². The minimum absolute atomic E-state index is 0.397. The van der Waals surface area contributed by atoms with Gasteiger partial charge in [0, 0.05) is 18.5 Å². The maximum Gasteiger partial charge on any atom is 0.0701 e. The highest BCUT2D eigenvalue weighted by Crippen LogP contribution is 2.32. The third-order valence-electron chi connectivity index (χ3n) is 3.95. The number of rotatable bonds is 15. The number of ether oxygens (including phenoxy) is 3. The number of halogens is 1. The molecular weight excluding hydrogens is 320 g/mol. The lowest BCUT2D eigenvalue weighted by Crippen LogP contribution is -2.23. The summed E-state index contributed by atoms with van der Waals surface area (Å²) in [6.45, 7) is 11.1.